The summed E-state index contributed by atoms with van der Waals surface area (Å²) in [6.45, 7) is 2.97. The van der Waals surface area contributed by atoms with Crippen molar-refractivity contribution < 1.29 is 4.79 Å². The van der Waals surface area contributed by atoms with Gasteiger partial charge in [0.2, 0.25) is 0 Å². The zero-order valence-electron chi connectivity index (χ0n) is 12.9. The molecule has 5 nitrogen and oxygen atoms in total. The number of hydrogen-bond acceptors (Lipinski definition) is 3. The minimum Gasteiger partial charge on any atom is -0.398 e. The number of aromatic nitrogens is 1. The Hall–Kier alpha value is -3.08. The van der Waals surface area contributed by atoms with Crippen LogP contribution in [0.3, 0.4) is 0 Å². The van der Waals surface area contributed by atoms with Gasteiger partial charge in [-0.15, -0.1) is 0 Å². The molecule has 5 heteroatoms. The number of nitrogens with zero attached hydrogens (tertiary/aromatic N) is 2. The minimum atomic E-state index is -0.321. The van der Waals surface area contributed by atoms with E-state index in [1.54, 1.807) is 30.5 Å². The van der Waals surface area contributed by atoms with Gasteiger partial charge in [0.15, 0.2) is 0 Å². The molecule has 1 amide bonds. The number of hydrogen-bond donors (Lipinski definition) is 2. The minimum absolute atomic E-state index is 0.321. The van der Waals surface area contributed by atoms with Crippen LogP contribution in [-0.4, -0.2) is 16.7 Å². The number of nitrogens with one attached hydrogen (secondary N) is 1. The van der Waals surface area contributed by atoms with Crippen LogP contribution in [0.25, 0.3) is 10.9 Å². The lowest BCUT2D eigenvalue weighted by Crippen LogP contribution is -2.18. The number of carbonyl (C=O) groups is 1. The van der Waals surface area contributed by atoms with E-state index in [1.807, 2.05) is 24.4 Å². The summed E-state index contributed by atoms with van der Waals surface area (Å²) in [7, 11) is 0. The predicted molar refractivity (Wildman–Crippen MR) is 93.5 cm³/mol. The van der Waals surface area contributed by atoms with Gasteiger partial charge in [-0.05, 0) is 25.1 Å². The normalized spacial score (nSPS) is 11.2. The van der Waals surface area contributed by atoms with E-state index in [-0.39, 0.29) is 5.91 Å². The van der Waals surface area contributed by atoms with Gasteiger partial charge < -0.3 is 10.3 Å². The van der Waals surface area contributed by atoms with Gasteiger partial charge in [0.1, 0.15) is 0 Å². The summed E-state index contributed by atoms with van der Waals surface area (Å²) in [5, 5.41) is 5.17. The molecule has 116 valence electrons. The van der Waals surface area contributed by atoms with Crippen molar-refractivity contribution in [3.63, 3.8) is 0 Å². The van der Waals surface area contributed by atoms with Crippen LogP contribution in [0.15, 0.2) is 59.8 Å². The van der Waals surface area contributed by atoms with Gasteiger partial charge in [0, 0.05) is 34.9 Å². The lowest BCUT2D eigenvalue weighted by molar-refractivity contribution is 0.0956. The smallest absolute Gasteiger partial charge is 0.273 e. The first kappa shape index (κ1) is 14.8. The van der Waals surface area contributed by atoms with Crippen LogP contribution < -0.4 is 11.2 Å². The molecule has 0 radical (unpaired) electrons. The monoisotopic (exact) mass is 306 g/mol. The number of para-hydroxylation sites is 2. The molecule has 1 heterocycles. The maximum atomic E-state index is 12.1. The van der Waals surface area contributed by atoms with Crippen LogP contribution in [0.4, 0.5) is 5.69 Å². The number of amides is 1. The fourth-order valence-electron chi connectivity index (χ4n) is 2.56. The summed E-state index contributed by atoms with van der Waals surface area (Å²) in [6, 6.07) is 15.0. The Morgan fingerprint density at radius 1 is 1.22 bits per heavy atom. The molecule has 0 saturated carbocycles. The van der Waals surface area contributed by atoms with Crippen LogP contribution in [0.1, 0.15) is 22.8 Å². The molecule has 2 aromatic carbocycles. The molecular weight excluding hydrogens is 288 g/mol. The second-order valence-corrected chi connectivity index (χ2v) is 5.17. The van der Waals surface area contributed by atoms with Crippen molar-refractivity contribution in [1.29, 1.82) is 0 Å². The highest BCUT2D eigenvalue weighted by atomic mass is 16.2. The standard InChI is InChI=1S/C18H18N4O/c1-2-22-12-13(14-7-4-6-10-17(14)22)11-20-21-18(23)15-8-3-5-9-16(15)19/h3-12H,2,19H2,1H3,(H,21,23)/b20-11-. The van der Waals surface area contributed by atoms with Gasteiger partial charge in [-0.3, -0.25) is 4.79 Å². The van der Waals surface area contributed by atoms with E-state index in [9.17, 15) is 4.79 Å². The SMILES string of the molecule is CCn1cc(/C=N\NC(=O)c2ccccc2N)c2ccccc21. The zero-order chi connectivity index (χ0) is 16.2. The molecule has 0 atom stereocenters. The van der Waals surface area contributed by atoms with Crippen molar-refractivity contribution in [2.75, 3.05) is 5.73 Å². The van der Waals surface area contributed by atoms with Crippen LogP contribution in [-0.2, 0) is 6.54 Å². The molecule has 0 fully saturated rings. The number of rotatable bonds is 4. The second-order valence-electron chi connectivity index (χ2n) is 5.17. The highest BCUT2D eigenvalue weighted by Crippen LogP contribution is 2.19. The van der Waals surface area contributed by atoms with E-state index in [0.29, 0.717) is 11.3 Å². The van der Waals surface area contributed by atoms with Crippen molar-refractivity contribution in [2.45, 2.75) is 13.5 Å². The van der Waals surface area contributed by atoms with Gasteiger partial charge in [-0.1, -0.05) is 30.3 Å². The largest absolute Gasteiger partial charge is 0.398 e. The summed E-state index contributed by atoms with van der Waals surface area (Å²) in [5.41, 5.74) is 11.3. The summed E-state index contributed by atoms with van der Waals surface area (Å²) >= 11 is 0. The molecule has 0 saturated heterocycles. The van der Waals surface area contributed by atoms with Crippen LogP contribution in [0.2, 0.25) is 0 Å². The van der Waals surface area contributed by atoms with E-state index < -0.39 is 0 Å². The molecule has 3 aromatic rings. The summed E-state index contributed by atoms with van der Waals surface area (Å²) in [5.74, 6) is -0.321. The van der Waals surface area contributed by atoms with Gasteiger partial charge in [0.25, 0.3) is 5.91 Å². The summed E-state index contributed by atoms with van der Waals surface area (Å²) in [4.78, 5) is 12.1. The van der Waals surface area contributed by atoms with Gasteiger partial charge in [-0.2, -0.15) is 5.10 Å². The highest BCUT2D eigenvalue weighted by Gasteiger charge is 2.08. The lowest BCUT2D eigenvalue weighted by Gasteiger charge is -2.02. The molecule has 0 aliphatic carbocycles. The quantitative estimate of drug-likeness (QED) is 0.442. The van der Waals surface area contributed by atoms with E-state index in [1.165, 1.54) is 0 Å². The average Bonchev–Trinajstić information content (AvgIpc) is 2.93. The number of carbonyl (C=O) groups excluding carboxylic acids is 1. The Balaban J connectivity index is 1.81. The fraction of sp³-hybridized carbons (Fsp3) is 0.111. The number of anilines is 1. The Labute approximate surface area is 134 Å². The van der Waals surface area contributed by atoms with E-state index in [0.717, 1.165) is 23.0 Å². The van der Waals surface area contributed by atoms with Crippen molar-refractivity contribution >= 4 is 28.7 Å². The number of nitrogen functional groups attached to an aromatic ring is 1. The molecule has 0 aliphatic heterocycles. The number of nitrogens with two attached hydrogens (primary N) is 1. The Morgan fingerprint density at radius 3 is 2.74 bits per heavy atom. The van der Waals surface area contributed by atoms with Crippen molar-refractivity contribution in [3.8, 4) is 0 Å². The molecule has 23 heavy (non-hydrogen) atoms. The van der Waals surface area contributed by atoms with E-state index in [4.69, 9.17) is 5.73 Å². The molecule has 0 aliphatic rings. The van der Waals surface area contributed by atoms with Crippen LogP contribution in [0, 0.1) is 0 Å². The zero-order valence-corrected chi connectivity index (χ0v) is 12.9. The van der Waals surface area contributed by atoms with E-state index >= 15 is 0 Å². The van der Waals surface area contributed by atoms with Gasteiger partial charge >= 0.3 is 0 Å². The maximum absolute atomic E-state index is 12.1. The van der Waals surface area contributed by atoms with Crippen molar-refractivity contribution in [3.05, 3.63) is 65.9 Å². The maximum Gasteiger partial charge on any atom is 0.273 e. The molecule has 0 bridgehead atoms. The Kier molecular flexibility index (Phi) is 4.10. The van der Waals surface area contributed by atoms with Crippen molar-refractivity contribution in [1.82, 2.24) is 9.99 Å². The number of aryl methyl sites for hydroxylation is 1. The number of hydrazone groups is 1. The first-order valence-electron chi connectivity index (χ1n) is 7.46. The lowest BCUT2D eigenvalue weighted by atomic mass is 10.2. The van der Waals surface area contributed by atoms with Gasteiger partial charge in [0.05, 0.1) is 11.8 Å². The second kappa shape index (κ2) is 6.36. The van der Waals surface area contributed by atoms with Gasteiger partial charge in [-0.25, -0.2) is 5.43 Å². The van der Waals surface area contributed by atoms with Crippen molar-refractivity contribution in [2.24, 2.45) is 5.10 Å². The van der Waals surface area contributed by atoms with Crippen LogP contribution >= 0.6 is 0 Å². The third-order valence-electron chi connectivity index (χ3n) is 3.74. The first-order chi connectivity index (χ1) is 11.2. The third-order valence-corrected chi connectivity index (χ3v) is 3.74. The van der Waals surface area contributed by atoms with Crippen LogP contribution in [0.5, 0.6) is 0 Å². The molecule has 3 rings (SSSR count). The summed E-state index contributed by atoms with van der Waals surface area (Å²) in [6.07, 6.45) is 3.68. The molecule has 1 aromatic heterocycles. The van der Waals surface area contributed by atoms with E-state index in [2.05, 4.69) is 28.1 Å². The molecular formula is C18H18N4O. The fourth-order valence-corrected chi connectivity index (χ4v) is 2.56. The third kappa shape index (κ3) is 2.94. The first-order valence-corrected chi connectivity index (χ1v) is 7.46. The molecule has 0 spiro atoms. The summed E-state index contributed by atoms with van der Waals surface area (Å²) < 4.78 is 2.15. The number of fused-ring (bicyclic) bond motifs is 1. The molecule has 0 unspecified atom stereocenters. The topological polar surface area (TPSA) is 72.4 Å². The Morgan fingerprint density at radius 2 is 1.96 bits per heavy atom. The Bertz CT molecular complexity index is 880. The molecule has 3 N–H and O–H groups in total. The predicted octanol–water partition coefficient (Wildman–Crippen LogP) is 3.01. The highest BCUT2D eigenvalue weighted by molar-refractivity contribution is 6.01. The average molecular weight is 306 g/mol. The number of benzene rings is 2.